The highest BCUT2D eigenvalue weighted by molar-refractivity contribution is 9.10. The van der Waals surface area contributed by atoms with Crippen LogP contribution >= 0.6 is 15.9 Å². The minimum Gasteiger partial charge on any atom is -0.465 e. The second-order valence-electron chi connectivity index (χ2n) is 3.90. The van der Waals surface area contributed by atoms with Crippen LogP contribution in [-0.2, 0) is 4.74 Å². The van der Waals surface area contributed by atoms with Crippen molar-refractivity contribution in [2.75, 3.05) is 7.11 Å². The van der Waals surface area contributed by atoms with Crippen LogP contribution in [0.1, 0.15) is 21.8 Å². The van der Waals surface area contributed by atoms with Crippen molar-refractivity contribution in [1.82, 2.24) is 0 Å². The van der Waals surface area contributed by atoms with Gasteiger partial charge >= 0.3 is 12.1 Å². The van der Waals surface area contributed by atoms with Crippen LogP contribution in [0.2, 0.25) is 0 Å². The highest BCUT2D eigenvalue weighted by Gasteiger charge is 2.52. The summed E-state index contributed by atoms with van der Waals surface area (Å²) in [5, 5.41) is 9.38. The number of aliphatic hydroxyl groups excluding tert-OH is 1. The fraction of sp³-hybridized carbons (Fsp3) is 0.364. The fourth-order valence-corrected chi connectivity index (χ4v) is 2.46. The molecule has 0 aliphatic carbocycles. The summed E-state index contributed by atoms with van der Waals surface area (Å²) in [5.74, 6) is -3.09. The zero-order chi connectivity index (χ0) is 14.4. The number of aliphatic hydroxyl groups is 1. The number of halogens is 4. The predicted molar refractivity (Wildman–Crippen MR) is 60.9 cm³/mol. The van der Waals surface area contributed by atoms with Crippen molar-refractivity contribution in [3.8, 4) is 5.75 Å². The molecule has 0 bridgehead atoms. The van der Waals surface area contributed by atoms with Gasteiger partial charge in [-0.3, -0.25) is 0 Å². The molecule has 1 aliphatic heterocycles. The average Bonchev–Trinajstić information content (AvgIpc) is 2.64. The van der Waals surface area contributed by atoms with Gasteiger partial charge in [0.05, 0.1) is 17.1 Å². The molecule has 4 nitrogen and oxygen atoms in total. The van der Waals surface area contributed by atoms with E-state index in [1.807, 2.05) is 0 Å². The Morgan fingerprint density at radius 3 is 2.63 bits per heavy atom. The number of carbonyl (C=O) groups is 1. The summed E-state index contributed by atoms with van der Waals surface area (Å²) in [6, 6.07) is 2.29. The number of benzene rings is 1. The molecular weight excluding hydrogens is 333 g/mol. The average molecular weight is 341 g/mol. The first kappa shape index (κ1) is 14.1. The van der Waals surface area contributed by atoms with Crippen LogP contribution < -0.4 is 4.74 Å². The zero-order valence-electron chi connectivity index (χ0n) is 9.49. The first-order chi connectivity index (χ1) is 8.75. The van der Waals surface area contributed by atoms with E-state index < -0.39 is 24.4 Å². The SMILES string of the molecule is COC(=O)c1cc(Br)c2c(c1)C(C(F)(F)F)C(O)O2. The third-order valence-electron chi connectivity index (χ3n) is 2.70. The minimum absolute atomic E-state index is 0.0555. The van der Waals surface area contributed by atoms with E-state index in [1.54, 1.807) is 0 Å². The molecule has 1 aliphatic rings. The molecular formula is C11H8BrF3O4. The highest BCUT2D eigenvalue weighted by atomic mass is 79.9. The van der Waals surface area contributed by atoms with E-state index in [9.17, 15) is 23.1 Å². The van der Waals surface area contributed by atoms with Crippen LogP contribution in [0, 0.1) is 0 Å². The maximum atomic E-state index is 12.9. The first-order valence-electron chi connectivity index (χ1n) is 5.09. The summed E-state index contributed by atoms with van der Waals surface area (Å²) in [5.41, 5.74) is -0.352. The Bertz CT molecular complexity index is 529. The van der Waals surface area contributed by atoms with E-state index in [-0.39, 0.29) is 21.3 Å². The topological polar surface area (TPSA) is 55.8 Å². The van der Waals surface area contributed by atoms with Gasteiger partial charge in [0.2, 0.25) is 6.29 Å². The van der Waals surface area contributed by atoms with Crippen molar-refractivity contribution >= 4 is 21.9 Å². The van der Waals surface area contributed by atoms with E-state index in [2.05, 4.69) is 20.7 Å². The van der Waals surface area contributed by atoms with Gasteiger partial charge in [0.1, 0.15) is 11.7 Å². The highest BCUT2D eigenvalue weighted by Crippen LogP contribution is 2.49. The molecule has 19 heavy (non-hydrogen) atoms. The van der Waals surface area contributed by atoms with Gasteiger partial charge in [-0.1, -0.05) is 0 Å². The lowest BCUT2D eigenvalue weighted by atomic mass is 9.97. The molecule has 0 aromatic heterocycles. The number of methoxy groups -OCH3 is 1. The molecule has 0 saturated carbocycles. The van der Waals surface area contributed by atoms with Crippen molar-refractivity contribution in [3.05, 3.63) is 27.7 Å². The number of hydrogen-bond acceptors (Lipinski definition) is 4. The molecule has 104 valence electrons. The maximum Gasteiger partial charge on any atom is 0.401 e. The van der Waals surface area contributed by atoms with Crippen LogP contribution in [-0.4, -0.2) is 30.7 Å². The molecule has 1 heterocycles. The lowest BCUT2D eigenvalue weighted by Crippen LogP contribution is -2.30. The second-order valence-corrected chi connectivity index (χ2v) is 4.75. The third-order valence-corrected chi connectivity index (χ3v) is 3.29. The molecule has 2 rings (SSSR count). The monoisotopic (exact) mass is 340 g/mol. The molecule has 0 saturated heterocycles. The Balaban J connectivity index is 2.56. The fourth-order valence-electron chi connectivity index (χ4n) is 1.89. The summed E-state index contributed by atoms with van der Waals surface area (Å²) in [6.07, 6.45) is -6.71. The molecule has 0 radical (unpaired) electrons. The Hall–Kier alpha value is -1.28. The Morgan fingerprint density at radius 2 is 2.11 bits per heavy atom. The van der Waals surface area contributed by atoms with Crippen molar-refractivity contribution in [3.63, 3.8) is 0 Å². The molecule has 8 heteroatoms. The minimum atomic E-state index is -4.68. The smallest absolute Gasteiger partial charge is 0.401 e. The van der Waals surface area contributed by atoms with Crippen LogP contribution in [0.25, 0.3) is 0 Å². The number of alkyl halides is 3. The van der Waals surface area contributed by atoms with Gasteiger partial charge in [-0.15, -0.1) is 0 Å². The lowest BCUT2D eigenvalue weighted by molar-refractivity contribution is -0.191. The van der Waals surface area contributed by atoms with Crippen molar-refractivity contribution in [2.24, 2.45) is 0 Å². The normalized spacial score (nSPS) is 21.8. The molecule has 0 fully saturated rings. The number of hydrogen-bond donors (Lipinski definition) is 1. The summed E-state index contributed by atoms with van der Waals surface area (Å²) in [6.45, 7) is 0. The van der Waals surface area contributed by atoms with Gasteiger partial charge in [0.15, 0.2) is 0 Å². The summed E-state index contributed by atoms with van der Waals surface area (Å²) < 4.78 is 48.0. The molecule has 2 atom stereocenters. The Labute approximate surface area is 114 Å². The second kappa shape index (κ2) is 4.68. The van der Waals surface area contributed by atoms with Crippen LogP contribution in [0.3, 0.4) is 0 Å². The summed E-state index contributed by atoms with van der Waals surface area (Å²) in [7, 11) is 1.12. The van der Waals surface area contributed by atoms with Crippen molar-refractivity contribution in [1.29, 1.82) is 0 Å². The number of carbonyl (C=O) groups excluding carboxylic acids is 1. The summed E-state index contributed by atoms with van der Waals surface area (Å²) in [4.78, 5) is 11.4. The van der Waals surface area contributed by atoms with Gasteiger partial charge in [-0.25, -0.2) is 4.79 Å². The van der Waals surface area contributed by atoms with Crippen molar-refractivity contribution < 1.29 is 32.5 Å². The number of ether oxygens (including phenoxy) is 2. The van der Waals surface area contributed by atoms with E-state index >= 15 is 0 Å². The molecule has 0 spiro atoms. The lowest BCUT2D eigenvalue weighted by Gasteiger charge is -2.17. The molecule has 1 aromatic carbocycles. The third kappa shape index (κ3) is 2.42. The standard InChI is InChI=1S/C11H8BrF3O4/c1-18-9(16)4-2-5-7(11(13,14)15)10(17)19-8(5)6(12)3-4/h2-3,7,10,17H,1H3. The van der Waals surface area contributed by atoms with Gasteiger partial charge in [0.25, 0.3) is 0 Å². The van der Waals surface area contributed by atoms with Gasteiger partial charge in [0, 0.05) is 5.56 Å². The van der Waals surface area contributed by atoms with E-state index in [1.165, 1.54) is 6.07 Å². The Morgan fingerprint density at radius 1 is 1.47 bits per heavy atom. The quantitative estimate of drug-likeness (QED) is 0.798. The first-order valence-corrected chi connectivity index (χ1v) is 5.88. The number of fused-ring (bicyclic) bond motifs is 1. The van der Waals surface area contributed by atoms with Crippen LogP contribution in [0.5, 0.6) is 5.75 Å². The van der Waals surface area contributed by atoms with E-state index in [4.69, 9.17) is 4.74 Å². The molecule has 1 aromatic rings. The molecule has 2 unspecified atom stereocenters. The maximum absolute atomic E-state index is 12.9. The molecule has 1 N–H and O–H groups in total. The van der Waals surface area contributed by atoms with Gasteiger partial charge in [-0.05, 0) is 28.1 Å². The van der Waals surface area contributed by atoms with E-state index in [0.29, 0.717) is 0 Å². The van der Waals surface area contributed by atoms with Crippen LogP contribution in [0.15, 0.2) is 16.6 Å². The number of rotatable bonds is 1. The zero-order valence-corrected chi connectivity index (χ0v) is 11.1. The Kier molecular flexibility index (Phi) is 3.48. The predicted octanol–water partition coefficient (Wildman–Crippen LogP) is 2.59. The van der Waals surface area contributed by atoms with Crippen molar-refractivity contribution in [2.45, 2.75) is 18.4 Å². The number of esters is 1. The largest absolute Gasteiger partial charge is 0.465 e. The van der Waals surface area contributed by atoms with Crippen LogP contribution in [0.4, 0.5) is 13.2 Å². The van der Waals surface area contributed by atoms with E-state index in [0.717, 1.165) is 13.2 Å². The summed E-state index contributed by atoms with van der Waals surface area (Å²) >= 11 is 3.01. The molecule has 0 amide bonds. The van der Waals surface area contributed by atoms with Gasteiger partial charge < -0.3 is 14.6 Å². The van der Waals surface area contributed by atoms with Gasteiger partial charge in [-0.2, -0.15) is 13.2 Å².